The quantitative estimate of drug-likeness (QED) is 0.503. The third kappa shape index (κ3) is 4.70. The molecule has 0 aliphatic carbocycles. The molecule has 2 aromatic carbocycles. The first-order valence-corrected chi connectivity index (χ1v) is 6.50. The van der Waals surface area contributed by atoms with Crippen molar-refractivity contribution in [1.29, 1.82) is 0 Å². The number of nitrogens with one attached hydrogen (secondary N) is 1. The number of hydrogen-bond acceptors (Lipinski definition) is 3. The number of thiocarbonyl (C=S) groups is 1. The van der Waals surface area contributed by atoms with E-state index >= 15 is 0 Å². The van der Waals surface area contributed by atoms with Gasteiger partial charge in [-0.2, -0.15) is 5.10 Å². The standard InChI is InChI=1S/C15H15N3OS/c16-15(20)18-17-10-13-7-4-8-14(9-13)19-11-12-5-2-1-3-6-12/h1-10H,11H2,(H3,16,18,20). The second-order valence-electron chi connectivity index (χ2n) is 4.08. The van der Waals surface area contributed by atoms with E-state index in [2.05, 4.69) is 22.7 Å². The molecular weight excluding hydrogens is 270 g/mol. The van der Waals surface area contributed by atoms with Gasteiger partial charge in [-0.15, -0.1) is 0 Å². The van der Waals surface area contributed by atoms with Crippen LogP contribution in [0.25, 0.3) is 0 Å². The molecule has 4 nitrogen and oxygen atoms in total. The lowest BCUT2D eigenvalue weighted by atomic mass is 10.2. The van der Waals surface area contributed by atoms with Crippen LogP contribution in [0.15, 0.2) is 59.7 Å². The van der Waals surface area contributed by atoms with Crippen LogP contribution in [0.5, 0.6) is 5.75 Å². The maximum Gasteiger partial charge on any atom is 0.184 e. The maximum absolute atomic E-state index is 5.73. The molecule has 20 heavy (non-hydrogen) atoms. The molecule has 3 N–H and O–H groups in total. The lowest BCUT2D eigenvalue weighted by molar-refractivity contribution is 0.306. The van der Waals surface area contributed by atoms with Crippen LogP contribution in [0.2, 0.25) is 0 Å². The summed E-state index contributed by atoms with van der Waals surface area (Å²) in [6.45, 7) is 0.534. The van der Waals surface area contributed by atoms with Gasteiger partial charge in [0, 0.05) is 0 Å². The molecule has 0 saturated heterocycles. The Morgan fingerprint density at radius 2 is 2.00 bits per heavy atom. The van der Waals surface area contributed by atoms with Crippen molar-refractivity contribution in [2.75, 3.05) is 0 Å². The summed E-state index contributed by atoms with van der Waals surface area (Å²) >= 11 is 4.66. The number of nitrogens with two attached hydrogens (primary N) is 1. The fourth-order valence-electron chi connectivity index (χ4n) is 1.60. The van der Waals surface area contributed by atoms with E-state index in [1.807, 2.05) is 54.6 Å². The molecule has 102 valence electrons. The molecule has 0 aliphatic rings. The number of rotatable bonds is 5. The Kier molecular flexibility index (Phi) is 5.08. The van der Waals surface area contributed by atoms with Gasteiger partial charge in [-0.05, 0) is 35.5 Å². The second kappa shape index (κ2) is 7.25. The van der Waals surface area contributed by atoms with Crippen molar-refractivity contribution in [3.63, 3.8) is 0 Å². The summed E-state index contributed by atoms with van der Waals surface area (Å²) in [5.41, 5.74) is 9.82. The zero-order chi connectivity index (χ0) is 14.2. The summed E-state index contributed by atoms with van der Waals surface area (Å²) in [5.74, 6) is 0.785. The summed E-state index contributed by atoms with van der Waals surface area (Å²) in [6.07, 6.45) is 1.63. The highest BCUT2D eigenvalue weighted by atomic mass is 32.1. The third-order valence-electron chi connectivity index (χ3n) is 2.49. The van der Waals surface area contributed by atoms with Crippen LogP contribution in [0.1, 0.15) is 11.1 Å². The minimum absolute atomic E-state index is 0.137. The Hall–Kier alpha value is -2.40. The average Bonchev–Trinajstić information content (AvgIpc) is 2.46. The van der Waals surface area contributed by atoms with Gasteiger partial charge in [0.15, 0.2) is 5.11 Å². The molecule has 2 aromatic rings. The molecule has 0 bridgehead atoms. The van der Waals surface area contributed by atoms with E-state index in [9.17, 15) is 0 Å². The average molecular weight is 285 g/mol. The predicted molar refractivity (Wildman–Crippen MR) is 84.7 cm³/mol. The van der Waals surface area contributed by atoms with Gasteiger partial charge < -0.3 is 10.5 Å². The topological polar surface area (TPSA) is 59.6 Å². The van der Waals surface area contributed by atoms with E-state index in [0.29, 0.717) is 6.61 Å². The van der Waals surface area contributed by atoms with E-state index in [0.717, 1.165) is 16.9 Å². The van der Waals surface area contributed by atoms with Gasteiger partial charge in [0.05, 0.1) is 6.21 Å². The van der Waals surface area contributed by atoms with Gasteiger partial charge in [0.2, 0.25) is 0 Å². The number of hydrazone groups is 1. The highest BCUT2D eigenvalue weighted by Gasteiger charge is 1.96. The number of benzene rings is 2. The molecule has 0 aromatic heterocycles. The summed E-state index contributed by atoms with van der Waals surface area (Å²) in [6, 6.07) is 17.6. The van der Waals surface area contributed by atoms with Crippen LogP contribution in [-0.2, 0) is 6.61 Å². The monoisotopic (exact) mass is 285 g/mol. The first-order valence-electron chi connectivity index (χ1n) is 6.09. The fraction of sp³-hybridized carbons (Fsp3) is 0.0667. The maximum atomic E-state index is 5.73. The first kappa shape index (κ1) is 14.0. The van der Waals surface area contributed by atoms with Crippen molar-refractivity contribution >= 4 is 23.5 Å². The largest absolute Gasteiger partial charge is 0.489 e. The van der Waals surface area contributed by atoms with Gasteiger partial charge in [-0.25, -0.2) is 0 Å². The molecule has 2 rings (SSSR count). The van der Waals surface area contributed by atoms with Crippen LogP contribution in [0, 0.1) is 0 Å². The van der Waals surface area contributed by atoms with Gasteiger partial charge in [0.1, 0.15) is 12.4 Å². The third-order valence-corrected chi connectivity index (χ3v) is 2.59. The van der Waals surface area contributed by atoms with Crippen molar-refractivity contribution in [3.05, 3.63) is 65.7 Å². The molecule has 0 heterocycles. The van der Waals surface area contributed by atoms with Crippen LogP contribution < -0.4 is 15.9 Å². The van der Waals surface area contributed by atoms with Crippen molar-refractivity contribution in [1.82, 2.24) is 5.43 Å². The van der Waals surface area contributed by atoms with E-state index < -0.39 is 0 Å². The van der Waals surface area contributed by atoms with Crippen molar-refractivity contribution < 1.29 is 4.74 Å². The van der Waals surface area contributed by atoms with Crippen molar-refractivity contribution in [2.45, 2.75) is 6.61 Å². The van der Waals surface area contributed by atoms with Gasteiger partial charge in [-0.3, -0.25) is 5.43 Å². The number of hydrogen-bond donors (Lipinski definition) is 2. The van der Waals surface area contributed by atoms with E-state index in [1.165, 1.54) is 0 Å². The molecule has 0 atom stereocenters. The highest BCUT2D eigenvalue weighted by Crippen LogP contribution is 2.14. The minimum Gasteiger partial charge on any atom is -0.489 e. The van der Waals surface area contributed by atoms with Gasteiger partial charge >= 0.3 is 0 Å². The van der Waals surface area contributed by atoms with Crippen molar-refractivity contribution in [3.8, 4) is 5.75 Å². The molecule has 0 unspecified atom stereocenters. The molecule has 0 radical (unpaired) electrons. The Morgan fingerprint density at radius 1 is 1.20 bits per heavy atom. The summed E-state index contributed by atoms with van der Waals surface area (Å²) in [7, 11) is 0. The molecule has 0 aliphatic heterocycles. The first-order chi connectivity index (χ1) is 9.74. The SMILES string of the molecule is NC(=S)NN=Cc1cccc(OCc2ccccc2)c1. The molecular formula is C15H15N3OS. The second-order valence-corrected chi connectivity index (χ2v) is 4.52. The Balaban J connectivity index is 1.95. The lowest BCUT2D eigenvalue weighted by Crippen LogP contribution is -2.23. The molecule has 0 fully saturated rings. The Morgan fingerprint density at radius 3 is 2.75 bits per heavy atom. The zero-order valence-electron chi connectivity index (χ0n) is 10.8. The van der Waals surface area contributed by atoms with Crippen LogP contribution in [0.4, 0.5) is 0 Å². The number of ether oxygens (including phenoxy) is 1. The highest BCUT2D eigenvalue weighted by molar-refractivity contribution is 7.80. The smallest absolute Gasteiger partial charge is 0.184 e. The van der Waals surface area contributed by atoms with Crippen LogP contribution in [-0.4, -0.2) is 11.3 Å². The minimum atomic E-state index is 0.137. The van der Waals surface area contributed by atoms with E-state index in [1.54, 1.807) is 6.21 Å². The lowest BCUT2D eigenvalue weighted by Gasteiger charge is -2.06. The summed E-state index contributed by atoms with van der Waals surface area (Å²) in [5, 5.41) is 4.04. The van der Waals surface area contributed by atoms with Gasteiger partial charge in [0.25, 0.3) is 0 Å². The van der Waals surface area contributed by atoms with E-state index in [4.69, 9.17) is 10.5 Å². The molecule has 0 saturated carbocycles. The molecule has 5 heteroatoms. The van der Waals surface area contributed by atoms with Crippen LogP contribution in [0.3, 0.4) is 0 Å². The predicted octanol–water partition coefficient (Wildman–Crippen LogP) is 2.43. The van der Waals surface area contributed by atoms with Gasteiger partial charge in [-0.1, -0.05) is 42.5 Å². The zero-order valence-corrected chi connectivity index (χ0v) is 11.6. The normalized spacial score (nSPS) is 10.4. The number of nitrogens with zero attached hydrogens (tertiary/aromatic N) is 1. The summed E-state index contributed by atoms with van der Waals surface area (Å²) in [4.78, 5) is 0. The van der Waals surface area contributed by atoms with Crippen molar-refractivity contribution in [2.24, 2.45) is 10.8 Å². The van der Waals surface area contributed by atoms with Crippen LogP contribution >= 0.6 is 12.2 Å². The molecule has 0 spiro atoms. The molecule has 0 amide bonds. The Labute approximate surface area is 123 Å². The Bertz CT molecular complexity index is 599. The van der Waals surface area contributed by atoms with E-state index in [-0.39, 0.29) is 5.11 Å². The summed E-state index contributed by atoms with van der Waals surface area (Å²) < 4.78 is 5.73. The fourth-order valence-corrected chi connectivity index (χ4v) is 1.65.